The number of rotatable bonds is 9. The standard InChI is InChI=1S/C20H24N2O2.C6H12O7/c1-3-13-12-22-9-7-14(13)10-19(22)20(23)16-6-8-21-18-5-4-15(24-2)11-17(16)18;7-1-2(8)3(9)4(10)5(11)6(12)13/h3-6,8,11,13-14,19-20,23H,1,7,9-10,12H2,2H3;2-5,7-11H,1H2,(H,12,13)/t13-,14-,19-,20-;2-,3-,4+,5-/m01/s1. The van der Waals surface area contributed by atoms with Crippen LogP contribution in [-0.2, 0) is 4.79 Å². The van der Waals surface area contributed by atoms with Crippen LogP contribution in [0.2, 0.25) is 0 Å². The summed E-state index contributed by atoms with van der Waals surface area (Å²) in [5, 5.41) is 63.9. The Morgan fingerprint density at radius 1 is 1.22 bits per heavy atom. The van der Waals surface area contributed by atoms with E-state index in [1.165, 1.54) is 6.42 Å². The molecule has 1 unspecified atom stereocenters. The van der Waals surface area contributed by atoms with E-state index in [0.717, 1.165) is 41.7 Å². The molecule has 7 N–H and O–H groups in total. The second kappa shape index (κ2) is 12.7. The number of pyridine rings is 1. The highest BCUT2D eigenvalue weighted by Gasteiger charge is 2.42. The maximum atomic E-state index is 11.2. The van der Waals surface area contributed by atoms with E-state index >= 15 is 0 Å². The molecule has 3 aliphatic heterocycles. The van der Waals surface area contributed by atoms with E-state index in [-0.39, 0.29) is 6.04 Å². The number of aromatic nitrogens is 1. The Kier molecular flexibility index (Phi) is 9.96. The van der Waals surface area contributed by atoms with Crippen LogP contribution in [0.1, 0.15) is 24.5 Å². The Morgan fingerprint density at radius 2 is 1.95 bits per heavy atom. The molecule has 0 radical (unpaired) electrons. The number of aliphatic hydroxyl groups is 6. The molecule has 4 heterocycles. The number of piperidine rings is 3. The van der Waals surface area contributed by atoms with E-state index in [2.05, 4.69) is 22.5 Å². The van der Waals surface area contributed by atoms with Gasteiger partial charge in [0.1, 0.15) is 24.1 Å². The summed E-state index contributed by atoms with van der Waals surface area (Å²) < 4.78 is 5.35. The predicted molar refractivity (Wildman–Crippen MR) is 134 cm³/mol. The number of carboxylic acid groups (broad SMARTS) is 1. The molecule has 3 fully saturated rings. The van der Waals surface area contributed by atoms with Gasteiger partial charge in [0.05, 0.1) is 25.3 Å². The molecule has 9 atom stereocenters. The molecule has 37 heavy (non-hydrogen) atoms. The molecule has 2 bridgehead atoms. The van der Waals surface area contributed by atoms with Crippen molar-refractivity contribution in [3.05, 3.63) is 48.7 Å². The van der Waals surface area contributed by atoms with Crippen LogP contribution in [0, 0.1) is 11.8 Å². The van der Waals surface area contributed by atoms with Crippen LogP contribution in [0.25, 0.3) is 10.9 Å². The van der Waals surface area contributed by atoms with Crippen LogP contribution in [0.3, 0.4) is 0 Å². The lowest BCUT2D eigenvalue weighted by Crippen LogP contribution is -2.54. The van der Waals surface area contributed by atoms with E-state index in [4.69, 9.17) is 35.4 Å². The predicted octanol–water partition coefficient (Wildman–Crippen LogP) is -0.320. The summed E-state index contributed by atoms with van der Waals surface area (Å²) in [7, 11) is 1.66. The van der Waals surface area contributed by atoms with Crippen LogP contribution in [0.15, 0.2) is 43.1 Å². The molecule has 11 heteroatoms. The zero-order valence-corrected chi connectivity index (χ0v) is 20.7. The quantitative estimate of drug-likeness (QED) is 0.215. The van der Waals surface area contributed by atoms with Crippen LogP contribution < -0.4 is 4.74 Å². The number of fused-ring (bicyclic) bond motifs is 4. The molecule has 0 amide bonds. The Hall–Kier alpha value is -2.64. The maximum absolute atomic E-state index is 11.2. The number of ether oxygens (including phenoxy) is 1. The van der Waals surface area contributed by atoms with Crippen molar-refractivity contribution in [1.82, 2.24) is 9.88 Å². The topological polar surface area (TPSA) is 184 Å². The summed E-state index contributed by atoms with van der Waals surface area (Å²) in [4.78, 5) is 16.9. The monoisotopic (exact) mass is 520 g/mol. The Balaban J connectivity index is 0.000000251. The second-order valence-electron chi connectivity index (χ2n) is 9.49. The van der Waals surface area contributed by atoms with Crippen molar-refractivity contribution in [2.75, 3.05) is 26.8 Å². The maximum Gasteiger partial charge on any atom is 0.335 e. The summed E-state index contributed by atoms with van der Waals surface area (Å²) in [6, 6.07) is 7.96. The lowest BCUT2D eigenvalue weighted by atomic mass is 9.73. The first-order chi connectivity index (χ1) is 17.6. The Bertz CT molecular complexity index is 1070. The van der Waals surface area contributed by atoms with Gasteiger partial charge < -0.3 is 40.5 Å². The number of carboxylic acids is 1. The van der Waals surface area contributed by atoms with Gasteiger partial charge >= 0.3 is 5.97 Å². The molecule has 2 aromatic rings. The van der Waals surface area contributed by atoms with Gasteiger partial charge in [-0.15, -0.1) is 6.58 Å². The molecular weight excluding hydrogens is 484 g/mol. The normalized spacial score (nSPS) is 26.8. The van der Waals surface area contributed by atoms with E-state index in [9.17, 15) is 9.90 Å². The third-order valence-corrected chi connectivity index (χ3v) is 7.33. The number of methoxy groups -OCH3 is 1. The van der Waals surface area contributed by atoms with Crippen molar-refractivity contribution in [2.24, 2.45) is 11.8 Å². The average molecular weight is 521 g/mol. The van der Waals surface area contributed by atoms with E-state index in [1.807, 2.05) is 24.3 Å². The fraction of sp³-hybridized carbons (Fsp3) is 0.538. The van der Waals surface area contributed by atoms with Crippen LogP contribution in [0.5, 0.6) is 5.75 Å². The van der Waals surface area contributed by atoms with Crippen molar-refractivity contribution < 1.29 is 45.3 Å². The minimum atomic E-state index is -2.20. The van der Waals surface area contributed by atoms with E-state index in [1.54, 1.807) is 13.3 Å². The van der Waals surface area contributed by atoms with Gasteiger partial charge in [-0.1, -0.05) is 6.08 Å². The van der Waals surface area contributed by atoms with Gasteiger partial charge in [-0.05, 0) is 61.1 Å². The second-order valence-corrected chi connectivity index (χ2v) is 9.49. The molecule has 1 aromatic heterocycles. The zero-order valence-electron chi connectivity index (χ0n) is 20.7. The van der Waals surface area contributed by atoms with Gasteiger partial charge in [0.25, 0.3) is 0 Å². The van der Waals surface area contributed by atoms with Crippen molar-refractivity contribution in [2.45, 2.75) is 49.4 Å². The first-order valence-corrected chi connectivity index (χ1v) is 12.2. The summed E-state index contributed by atoms with van der Waals surface area (Å²) in [5.74, 6) is 0.282. The molecule has 0 spiro atoms. The Labute approximate surface area is 214 Å². The number of hydrogen-bond donors (Lipinski definition) is 7. The van der Waals surface area contributed by atoms with Crippen molar-refractivity contribution >= 4 is 16.9 Å². The number of aliphatic carboxylic acids is 1. The van der Waals surface area contributed by atoms with Gasteiger partial charge in [0.2, 0.25) is 0 Å². The number of benzene rings is 1. The zero-order chi connectivity index (χ0) is 27.3. The molecule has 204 valence electrons. The highest BCUT2D eigenvalue weighted by Crippen LogP contribution is 2.42. The molecular formula is C26H36N2O9. The van der Waals surface area contributed by atoms with Crippen LogP contribution >= 0.6 is 0 Å². The molecule has 11 nitrogen and oxygen atoms in total. The lowest BCUT2D eigenvalue weighted by molar-refractivity contribution is -0.164. The lowest BCUT2D eigenvalue weighted by Gasteiger charge is -2.50. The summed E-state index contributed by atoms with van der Waals surface area (Å²) in [5.41, 5.74) is 1.85. The van der Waals surface area contributed by atoms with E-state index < -0.39 is 43.1 Å². The summed E-state index contributed by atoms with van der Waals surface area (Å²) in [6.45, 7) is 5.23. The van der Waals surface area contributed by atoms with Crippen LogP contribution in [-0.4, -0.2) is 109 Å². The SMILES string of the molecule is C=C[C@H]1CN2CC[C@H]1C[C@H]2[C@@H](O)c1ccnc2ccc(OC)cc12.O=C(O)[C@H](O)[C@@H](O)[C@H](O)[C@H](O)CO. The molecule has 0 aliphatic carbocycles. The third kappa shape index (κ3) is 6.44. The first-order valence-electron chi connectivity index (χ1n) is 12.2. The minimum Gasteiger partial charge on any atom is -0.497 e. The van der Waals surface area contributed by atoms with Gasteiger partial charge in [-0.25, -0.2) is 4.79 Å². The van der Waals surface area contributed by atoms with Crippen molar-refractivity contribution in [1.29, 1.82) is 0 Å². The van der Waals surface area contributed by atoms with Gasteiger partial charge in [-0.3, -0.25) is 9.88 Å². The molecule has 0 saturated carbocycles. The number of nitrogens with zero attached hydrogens (tertiary/aromatic N) is 2. The van der Waals surface area contributed by atoms with Gasteiger partial charge in [0, 0.05) is 24.2 Å². The van der Waals surface area contributed by atoms with Crippen LogP contribution in [0.4, 0.5) is 0 Å². The van der Waals surface area contributed by atoms with E-state index in [0.29, 0.717) is 11.8 Å². The molecule has 3 aliphatic rings. The highest BCUT2D eigenvalue weighted by molar-refractivity contribution is 5.84. The number of carbonyl (C=O) groups is 1. The number of hydrogen-bond acceptors (Lipinski definition) is 10. The molecule has 1 aromatic carbocycles. The summed E-state index contributed by atoms with van der Waals surface area (Å²) in [6.07, 6.45) is -2.22. The number of aliphatic hydroxyl groups excluding tert-OH is 6. The molecule has 5 rings (SSSR count). The van der Waals surface area contributed by atoms with Crippen molar-refractivity contribution in [3.8, 4) is 5.75 Å². The van der Waals surface area contributed by atoms with Gasteiger partial charge in [0.15, 0.2) is 6.10 Å². The average Bonchev–Trinajstić information content (AvgIpc) is 2.94. The third-order valence-electron chi connectivity index (χ3n) is 7.33. The largest absolute Gasteiger partial charge is 0.497 e. The summed E-state index contributed by atoms with van der Waals surface area (Å²) >= 11 is 0. The van der Waals surface area contributed by atoms with Crippen molar-refractivity contribution in [3.63, 3.8) is 0 Å². The first kappa shape index (κ1) is 28.9. The van der Waals surface area contributed by atoms with Gasteiger partial charge in [-0.2, -0.15) is 0 Å². The fourth-order valence-corrected chi connectivity index (χ4v) is 5.11. The fourth-order valence-electron chi connectivity index (χ4n) is 5.11. The molecule has 3 saturated heterocycles. The highest BCUT2D eigenvalue weighted by atomic mass is 16.5. The smallest absolute Gasteiger partial charge is 0.335 e. The Morgan fingerprint density at radius 3 is 2.51 bits per heavy atom. The minimum absolute atomic E-state index is 0.178.